The third kappa shape index (κ3) is 4.65. The molecule has 3 N–H and O–H groups in total. The van der Waals surface area contributed by atoms with Crippen LogP contribution in [0.15, 0.2) is 17.0 Å². The maximum absolute atomic E-state index is 12.0. The summed E-state index contributed by atoms with van der Waals surface area (Å²) >= 11 is 5.91. The third-order valence-corrected chi connectivity index (χ3v) is 4.59. The molecule has 0 aliphatic rings. The first-order chi connectivity index (χ1) is 8.88. The molecule has 0 bridgehead atoms. The average Bonchev–Trinajstić information content (AvgIpc) is 2.35. The topological polar surface area (TPSA) is 81.4 Å². The zero-order valence-corrected chi connectivity index (χ0v) is 12.6. The lowest BCUT2D eigenvalue weighted by Crippen LogP contribution is -2.25. The Bertz CT molecular complexity index is 509. The molecule has 1 aromatic rings. The number of nitrogens with one attached hydrogen (secondary N) is 1. The monoisotopic (exact) mass is 306 g/mol. The number of halogens is 1. The maximum atomic E-state index is 12.0. The van der Waals surface area contributed by atoms with E-state index in [2.05, 4.69) is 4.72 Å². The number of anilines is 1. The second-order valence-electron chi connectivity index (χ2n) is 4.24. The quantitative estimate of drug-likeness (QED) is 0.596. The molecule has 0 heterocycles. The highest BCUT2D eigenvalue weighted by Crippen LogP contribution is 2.26. The summed E-state index contributed by atoms with van der Waals surface area (Å²) in [5, 5.41) is 0.388. The first-order valence-electron chi connectivity index (χ1n) is 5.92. The van der Waals surface area contributed by atoms with Crippen molar-refractivity contribution in [2.24, 2.45) is 0 Å². The number of ether oxygens (including phenoxy) is 1. The van der Waals surface area contributed by atoms with Gasteiger partial charge >= 0.3 is 0 Å². The standard InChI is InChI=1S/C12H19ClN2O3S/c1-9-7-10(8-11(14)12(9)13)19(16,17)15-5-3-4-6-18-2/h7-8,15H,3-6,14H2,1-2H3. The molecule has 0 spiro atoms. The van der Waals surface area contributed by atoms with Crippen LogP contribution in [0, 0.1) is 6.92 Å². The second-order valence-corrected chi connectivity index (χ2v) is 6.39. The van der Waals surface area contributed by atoms with E-state index in [0.717, 1.165) is 12.8 Å². The van der Waals surface area contributed by atoms with Crippen molar-refractivity contribution >= 4 is 27.3 Å². The minimum Gasteiger partial charge on any atom is -0.397 e. The Labute approximate surface area is 119 Å². The number of aryl methyl sites for hydroxylation is 1. The minimum atomic E-state index is -3.54. The predicted molar refractivity (Wildman–Crippen MR) is 76.9 cm³/mol. The fourth-order valence-corrected chi connectivity index (χ4v) is 2.88. The molecule has 0 aromatic heterocycles. The lowest BCUT2D eigenvalue weighted by Gasteiger charge is -2.10. The van der Waals surface area contributed by atoms with Gasteiger partial charge < -0.3 is 10.5 Å². The molecule has 1 aromatic carbocycles. The zero-order chi connectivity index (χ0) is 14.5. The van der Waals surface area contributed by atoms with Gasteiger partial charge in [-0.3, -0.25) is 0 Å². The predicted octanol–water partition coefficient (Wildman–Crippen LogP) is 1.94. The van der Waals surface area contributed by atoms with Gasteiger partial charge in [0.15, 0.2) is 0 Å². The lowest BCUT2D eigenvalue weighted by atomic mass is 10.2. The van der Waals surface area contributed by atoms with Crippen molar-refractivity contribution in [3.05, 3.63) is 22.7 Å². The summed E-state index contributed by atoms with van der Waals surface area (Å²) < 4.78 is 31.5. The lowest BCUT2D eigenvalue weighted by molar-refractivity contribution is 0.193. The Balaban J connectivity index is 2.72. The van der Waals surface area contributed by atoms with Crippen LogP contribution in [0.4, 0.5) is 5.69 Å². The van der Waals surface area contributed by atoms with Gasteiger partial charge in [-0.25, -0.2) is 13.1 Å². The molecule has 0 radical (unpaired) electrons. The average molecular weight is 307 g/mol. The van der Waals surface area contributed by atoms with E-state index < -0.39 is 10.0 Å². The van der Waals surface area contributed by atoms with Gasteiger partial charge in [-0.15, -0.1) is 0 Å². The number of sulfonamides is 1. The molecule has 0 saturated heterocycles. The van der Waals surface area contributed by atoms with Crippen LogP contribution in [0.3, 0.4) is 0 Å². The smallest absolute Gasteiger partial charge is 0.240 e. The van der Waals surface area contributed by atoms with E-state index >= 15 is 0 Å². The van der Waals surface area contributed by atoms with Crippen LogP contribution in [0.5, 0.6) is 0 Å². The van der Waals surface area contributed by atoms with Crippen LogP contribution < -0.4 is 10.5 Å². The van der Waals surface area contributed by atoms with Gasteiger partial charge in [0.2, 0.25) is 10.0 Å². The Kier molecular flexibility index (Phi) is 6.06. The number of benzene rings is 1. The van der Waals surface area contributed by atoms with Gasteiger partial charge in [0.25, 0.3) is 0 Å². The van der Waals surface area contributed by atoms with Crippen molar-refractivity contribution in [3.63, 3.8) is 0 Å². The molecule has 0 saturated carbocycles. The SMILES string of the molecule is COCCCCNS(=O)(=O)c1cc(C)c(Cl)c(N)c1. The van der Waals surface area contributed by atoms with Crippen LogP contribution in [-0.2, 0) is 14.8 Å². The van der Waals surface area contributed by atoms with Crippen LogP contribution >= 0.6 is 11.6 Å². The molecule has 5 nitrogen and oxygen atoms in total. The van der Waals surface area contributed by atoms with Gasteiger partial charge in [-0.05, 0) is 37.5 Å². The number of hydrogen-bond donors (Lipinski definition) is 2. The summed E-state index contributed by atoms with van der Waals surface area (Å²) in [5.41, 5.74) is 6.58. The van der Waals surface area contributed by atoms with Crippen molar-refractivity contribution in [3.8, 4) is 0 Å². The summed E-state index contributed by atoms with van der Waals surface area (Å²) in [5.74, 6) is 0. The molecule has 0 aliphatic heterocycles. The Morgan fingerprint density at radius 1 is 1.37 bits per heavy atom. The highest BCUT2D eigenvalue weighted by Gasteiger charge is 2.16. The normalized spacial score (nSPS) is 11.7. The minimum absolute atomic E-state index is 0.138. The Morgan fingerprint density at radius 2 is 2.05 bits per heavy atom. The molecule has 1 rings (SSSR count). The van der Waals surface area contributed by atoms with Gasteiger partial charge in [-0.1, -0.05) is 11.6 Å². The molecule has 108 valence electrons. The van der Waals surface area contributed by atoms with Crippen molar-refractivity contribution in [1.29, 1.82) is 0 Å². The summed E-state index contributed by atoms with van der Waals surface area (Å²) in [7, 11) is -1.92. The highest BCUT2D eigenvalue weighted by atomic mass is 35.5. The largest absolute Gasteiger partial charge is 0.397 e. The summed E-state index contributed by atoms with van der Waals surface area (Å²) in [6.07, 6.45) is 1.52. The van der Waals surface area contributed by atoms with Crippen molar-refractivity contribution in [2.45, 2.75) is 24.7 Å². The molecule has 0 atom stereocenters. The zero-order valence-electron chi connectivity index (χ0n) is 11.1. The van der Waals surface area contributed by atoms with E-state index in [0.29, 0.717) is 23.7 Å². The summed E-state index contributed by atoms with van der Waals surface area (Å²) in [4.78, 5) is 0.138. The van der Waals surface area contributed by atoms with Crippen LogP contribution in [0.25, 0.3) is 0 Å². The van der Waals surface area contributed by atoms with Crippen LogP contribution in [0.1, 0.15) is 18.4 Å². The van der Waals surface area contributed by atoms with E-state index in [9.17, 15) is 8.42 Å². The van der Waals surface area contributed by atoms with Crippen LogP contribution in [0.2, 0.25) is 5.02 Å². The summed E-state index contributed by atoms with van der Waals surface area (Å²) in [6, 6.07) is 2.88. The van der Waals surface area contributed by atoms with Gasteiger partial charge in [-0.2, -0.15) is 0 Å². The molecular formula is C12H19ClN2O3S. The van der Waals surface area contributed by atoms with Gasteiger partial charge in [0, 0.05) is 20.3 Å². The first-order valence-corrected chi connectivity index (χ1v) is 7.79. The van der Waals surface area contributed by atoms with E-state index in [1.165, 1.54) is 12.1 Å². The molecule has 7 heteroatoms. The number of unbranched alkanes of at least 4 members (excludes halogenated alkanes) is 1. The summed E-state index contributed by atoms with van der Waals surface area (Å²) in [6.45, 7) is 2.71. The number of nitrogens with two attached hydrogens (primary N) is 1. The number of nitrogen functional groups attached to an aromatic ring is 1. The third-order valence-electron chi connectivity index (χ3n) is 2.63. The van der Waals surface area contributed by atoms with E-state index in [4.69, 9.17) is 22.1 Å². The highest BCUT2D eigenvalue weighted by molar-refractivity contribution is 7.89. The second kappa shape index (κ2) is 7.09. The van der Waals surface area contributed by atoms with Gasteiger partial charge in [0.05, 0.1) is 15.6 Å². The van der Waals surface area contributed by atoms with Crippen LogP contribution in [-0.4, -0.2) is 28.7 Å². The van der Waals surface area contributed by atoms with E-state index in [1.807, 2.05) is 0 Å². The van der Waals surface area contributed by atoms with E-state index in [1.54, 1.807) is 14.0 Å². The molecular weight excluding hydrogens is 288 g/mol. The molecule has 19 heavy (non-hydrogen) atoms. The van der Waals surface area contributed by atoms with E-state index in [-0.39, 0.29) is 10.6 Å². The maximum Gasteiger partial charge on any atom is 0.240 e. The number of hydrogen-bond acceptors (Lipinski definition) is 4. The Hall–Kier alpha value is -0.820. The number of rotatable bonds is 7. The fourth-order valence-electron chi connectivity index (χ4n) is 1.58. The van der Waals surface area contributed by atoms with Crippen molar-refractivity contribution in [1.82, 2.24) is 4.72 Å². The Morgan fingerprint density at radius 3 is 2.63 bits per heavy atom. The van der Waals surface area contributed by atoms with Crippen molar-refractivity contribution in [2.75, 3.05) is 26.0 Å². The van der Waals surface area contributed by atoms with Gasteiger partial charge in [0.1, 0.15) is 0 Å². The first kappa shape index (κ1) is 16.2. The molecule has 0 amide bonds. The number of methoxy groups -OCH3 is 1. The molecule has 0 fully saturated rings. The fraction of sp³-hybridized carbons (Fsp3) is 0.500. The molecule has 0 unspecified atom stereocenters. The van der Waals surface area contributed by atoms with Crippen molar-refractivity contribution < 1.29 is 13.2 Å². The molecule has 0 aliphatic carbocycles.